The van der Waals surface area contributed by atoms with E-state index in [0.29, 0.717) is 23.7 Å². The summed E-state index contributed by atoms with van der Waals surface area (Å²) in [7, 11) is 0. The first-order chi connectivity index (χ1) is 7.44. The molecular formula is C10H15N3O2S. The molecule has 1 aliphatic rings. The minimum Gasteiger partial charge on any atom is -0.386 e. The van der Waals surface area contributed by atoms with Crippen LogP contribution in [0.1, 0.15) is 29.2 Å². The highest BCUT2D eigenvalue weighted by molar-refractivity contribution is 7.07. The molecule has 16 heavy (non-hydrogen) atoms. The third-order valence-electron chi connectivity index (χ3n) is 3.14. The van der Waals surface area contributed by atoms with E-state index in [2.05, 4.69) is 9.59 Å². The van der Waals surface area contributed by atoms with Crippen LogP contribution in [0.5, 0.6) is 0 Å². The predicted molar refractivity (Wildman–Crippen MR) is 60.3 cm³/mol. The number of rotatable bonds is 2. The molecule has 6 heteroatoms. The zero-order chi connectivity index (χ0) is 11.9. The van der Waals surface area contributed by atoms with Crippen LogP contribution in [0.15, 0.2) is 0 Å². The molecule has 88 valence electrons. The molecule has 1 amide bonds. The van der Waals surface area contributed by atoms with Crippen LogP contribution in [-0.4, -0.2) is 44.2 Å². The first-order valence-electron chi connectivity index (χ1n) is 5.24. The number of nitrogens with zero attached hydrogens (tertiary/aromatic N) is 3. The van der Waals surface area contributed by atoms with Gasteiger partial charge >= 0.3 is 0 Å². The maximum Gasteiger partial charge on any atom is 0.267 e. The number of likely N-dealkylation sites (tertiary alicyclic amines) is 1. The molecule has 1 aromatic rings. The Morgan fingerprint density at radius 2 is 2.19 bits per heavy atom. The Balaban J connectivity index is 2.04. The van der Waals surface area contributed by atoms with Crippen LogP contribution >= 0.6 is 11.5 Å². The summed E-state index contributed by atoms with van der Waals surface area (Å²) in [5.74, 6) is 0.0926. The molecule has 5 nitrogen and oxygen atoms in total. The SMILES string of the molecule is Cc1nnsc1C(=O)N1CC(O)(C(C)C)C1. The first-order valence-corrected chi connectivity index (χ1v) is 6.02. The van der Waals surface area contributed by atoms with E-state index in [1.54, 1.807) is 11.8 Å². The standard InChI is InChI=1S/C10H15N3O2S/c1-6(2)10(15)4-13(5-10)9(14)8-7(3)11-12-16-8/h6,15H,4-5H2,1-3H3. The Hall–Kier alpha value is -1.01. The maximum absolute atomic E-state index is 12.0. The zero-order valence-electron chi connectivity index (χ0n) is 9.60. The maximum atomic E-state index is 12.0. The largest absolute Gasteiger partial charge is 0.386 e. The summed E-state index contributed by atoms with van der Waals surface area (Å²) in [6.07, 6.45) is 0. The summed E-state index contributed by atoms with van der Waals surface area (Å²) in [5, 5.41) is 13.9. The molecule has 2 heterocycles. The van der Waals surface area contributed by atoms with Gasteiger partial charge in [0.25, 0.3) is 5.91 Å². The van der Waals surface area contributed by atoms with Crippen LogP contribution in [0.4, 0.5) is 0 Å². The van der Waals surface area contributed by atoms with Crippen LogP contribution < -0.4 is 0 Å². The molecule has 2 rings (SSSR count). The summed E-state index contributed by atoms with van der Waals surface area (Å²) in [6, 6.07) is 0. The number of aliphatic hydroxyl groups is 1. The van der Waals surface area contributed by atoms with Gasteiger partial charge in [-0.25, -0.2) is 0 Å². The number of β-amino-alcohol motifs (C(OH)–C–C–N with tert-alkyl or cyclic N) is 1. The van der Waals surface area contributed by atoms with Gasteiger partial charge in [0.05, 0.1) is 18.8 Å². The molecule has 0 aliphatic carbocycles. The van der Waals surface area contributed by atoms with Gasteiger partial charge < -0.3 is 10.0 Å². The van der Waals surface area contributed by atoms with Crippen molar-refractivity contribution in [1.82, 2.24) is 14.5 Å². The molecule has 0 bridgehead atoms. The fourth-order valence-electron chi connectivity index (χ4n) is 1.69. The van der Waals surface area contributed by atoms with E-state index < -0.39 is 5.60 Å². The molecule has 0 saturated carbocycles. The van der Waals surface area contributed by atoms with Gasteiger partial charge in [-0.15, -0.1) is 5.10 Å². The van der Waals surface area contributed by atoms with E-state index in [1.807, 2.05) is 13.8 Å². The van der Waals surface area contributed by atoms with Gasteiger partial charge in [0.15, 0.2) is 0 Å². The summed E-state index contributed by atoms with van der Waals surface area (Å²) >= 11 is 1.11. The van der Waals surface area contributed by atoms with Crippen molar-refractivity contribution < 1.29 is 9.90 Å². The Morgan fingerprint density at radius 3 is 2.62 bits per heavy atom. The molecule has 0 spiro atoms. The summed E-state index contributed by atoms with van der Waals surface area (Å²) in [5.41, 5.74) is -0.0585. The second-order valence-corrected chi connectivity index (χ2v) is 5.36. The van der Waals surface area contributed by atoms with Crippen molar-refractivity contribution in [3.63, 3.8) is 0 Å². The quantitative estimate of drug-likeness (QED) is 0.827. The van der Waals surface area contributed by atoms with Crippen molar-refractivity contribution in [1.29, 1.82) is 0 Å². The molecule has 0 radical (unpaired) electrons. The lowest BCUT2D eigenvalue weighted by atomic mass is 9.83. The number of carbonyl (C=O) groups is 1. The first kappa shape index (κ1) is 11.5. The summed E-state index contributed by atoms with van der Waals surface area (Å²) in [4.78, 5) is 14.2. The van der Waals surface area contributed by atoms with Gasteiger partial charge in [0, 0.05) is 0 Å². The zero-order valence-corrected chi connectivity index (χ0v) is 10.4. The van der Waals surface area contributed by atoms with Gasteiger partial charge in [-0.3, -0.25) is 4.79 Å². The van der Waals surface area contributed by atoms with Crippen LogP contribution in [0.3, 0.4) is 0 Å². The molecule has 0 atom stereocenters. The van der Waals surface area contributed by atoms with Gasteiger partial charge in [0.2, 0.25) is 0 Å². The van der Waals surface area contributed by atoms with E-state index in [4.69, 9.17) is 0 Å². The fraction of sp³-hybridized carbons (Fsp3) is 0.700. The van der Waals surface area contributed by atoms with E-state index in [1.165, 1.54) is 0 Å². The number of aryl methyl sites for hydroxylation is 1. The normalized spacial score (nSPS) is 18.7. The Kier molecular flexibility index (Phi) is 2.71. The molecule has 1 fully saturated rings. The van der Waals surface area contributed by atoms with Crippen molar-refractivity contribution in [3.8, 4) is 0 Å². The van der Waals surface area contributed by atoms with Crippen LogP contribution in [0.25, 0.3) is 0 Å². The average molecular weight is 241 g/mol. The van der Waals surface area contributed by atoms with Crippen LogP contribution in [0.2, 0.25) is 0 Å². The molecular weight excluding hydrogens is 226 g/mol. The minimum atomic E-state index is -0.721. The van der Waals surface area contributed by atoms with E-state index in [-0.39, 0.29) is 11.8 Å². The second kappa shape index (κ2) is 3.78. The smallest absolute Gasteiger partial charge is 0.267 e. The molecule has 1 saturated heterocycles. The summed E-state index contributed by atoms with van der Waals surface area (Å²) < 4.78 is 3.74. The van der Waals surface area contributed by atoms with Crippen molar-refractivity contribution >= 4 is 17.4 Å². The lowest BCUT2D eigenvalue weighted by Gasteiger charge is -2.48. The number of hydrogen-bond donors (Lipinski definition) is 1. The third-order valence-corrected chi connectivity index (χ3v) is 3.95. The Morgan fingerprint density at radius 1 is 1.56 bits per heavy atom. The molecule has 1 N–H and O–H groups in total. The molecule has 1 aliphatic heterocycles. The predicted octanol–water partition coefficient (Wildman–Crippen LogP) is 0.689. The number of amides is 1. The highest BCUT2D eigenvalue weighted by atomic mass is 32.1. The van der Waals surface area contributed by atoms with Gasteiger partial charge in [0.1, 0.15) is 10.5 Å². The topological polar surface area (TPSA) is 66.3 Å². The second-order valence-electron chi connectivity index (χ2n) is 4.61. The minimum absolute atomic E-state index is 0.0715. The number of hydrogen-bond acceptors (Lipinski definition) is 5. The lowest BCUT2D eigenvalue weighted by Crippen LogP contribution is -2.65. The lowest BCUT2D eigenvalue weighted by molar-refractivity contribution is -0.110. The monoisotopic (exact) mass is 241 g/mol. The van der Waals surface area contributed by atoms with E-state index >= 15 is 0 Å². The number of carbonyl (C=O) groups excluding carboxylic acids is 1. The van der Waals surface area contributed by atoms with E-state index in [9.17, 15) is 9.90 Å². The molecule has 1 aromatic heterocycles. The van der Waals surface area contributed by atoms with Crippen molar-refractivity contribution in [3.05, 3.63) is 10.6 Å². The highest BCUT2D eigenvalue weighted by Gasteiger charge is 2.46. The van der Waals surface area contributed by atoms with Gasteiger partial charge in [-0.1, -0.05) is 18.3 Å². The Labute approximate surface area is 98.2 Å². The Bertz CT molecular complexity index is 410. The average Bonchev–Trinajstić information content (AvgIpc) is 2.58. The highest BCUT2D eigenvalue weighted by Crippen LogP contribution is 2.30. The molecule has 0 unspecified atom stereocenters. The number of aromatic nitrogens is 2. The van der Waals surface area contributed by atoms with Gasteiger partial charge in [-0.05, 0) is 24.4 Å². The van der Waals surface area contributed by atoms with Gasteiger partial charge in [-0.2, -0.15) is 0 Å². The van der Waals surface area contributed by atoms with Crippen molar-refractivity contribution in [2.24, 2.45) is 5.92 Å². The van der Waals surface area contributed by atoms with Crippen molar-refractivity contribution in [2.45, 2.75) is 26.4 Å². The van der Waals surface area contributed by atoms with Crippen molar-refractivity contribution in [2.75, 3.05) is 13.1 Å². The fourth-order valence-corrected chi connectivity index (χ4v) is 2.32. The molecule has 0 aromatic carbocycles. The van der Waals surface area contributed by atoms with Crippen LogP contribution in [-0.2, 0) is 0 Å². The third kappa shape index (κ3) is 1.72. The van der Waals surface area contributed by atoms with E-state index in [0.717, 1.165) is 11.5 Å². The summed E-state index contributed by atoms with van der Waals surface area (Å²) in [6.45, 7) is 6.50. The van der Waals surface area contributed by atoms with Crippen LogP contribution in [0, 0.1) is 12.8 Å².